The highest BCUT2D eigenvalue weighted by atomic mass is 32.2. The Kier molecular flexibility index (Phi) is 5.95. The van der Waals surface area contributed by atoms with Gasteiger partial charge >= 0.3 is 0 Å². The van der Waals surface area contributed by atoms with Crippen molar-refractivity contribution < 1.29 is 17.9 Å². The Morgan fingerprint density at radius 2 is 2.20 bits per heavy atom. The van der Waals surface area contributed by atoms with Crippen LogP contribution in [0, 0.1) is 0 Å². The summed E-state index contributed by atoms with van der Waals surface area (Å²) < 4.78 is 30.1. The molecule has 1 atom stereocenters. The Balaban J connectivity index is 2.82. The van der Waals surface area contributed by atoms with Gasteiger partial charge in [0.2, 0.25) is 15.4 Å². The van der Waals surface area contributed by atoms with Crippen LogP contribution in [0.15, 0.2) is 4.34 Å². The summed E-state index contributed by atoms with van der Waals surface area (Å²) in [6.07, 6.45) is 0. The Morgan fingerprint density at radius 1 is 1.55 bits per heavy atom. The summed E-state index contributed by atoms with van der Waals surface area (Å²) >= 11 is 0.781. The van der Waals surface area contributed by atoms with Gasteiger partial charge in [-0.3, -0.25) is 4.79 Å². The smallest absolute Gasteiger partial charge is 0.272 e. The van der Waals surface area contributed by atoms with Crippen LogP contribution >= 0.6 is 11.3 Å². The predicted octanol–water partition coefficient (Wildman–Crippen LogP) is -0.909. The van der Waals surface area contributed by atoms with Crippen LogP contribution in [-0.2, 0) is 19.6 Å². The number of carbonyl (C=O) groups excluding carboxylic acids is 1. The number of sulfonamides is 1. The van der Waals surface area contributed by atoms with Crippen LogP contribution < -0.4 is 11.1 Å². The summed E-state index contributed by atoms with van der Waals surface area (Å²) in [5.41, 5.74) is 5.71. The monoisotopic (exact) mass is 323 g/mol. The second kappa shape index (κ2) is 7.04. The summed E-state index contributed by atoms with van der Waals surface area (Å²) in [4.78, 5) is 10.9. The molecule has 1 heterocycles. The maximum atomic E-state index is 12.2. The first-order valence-electron chi connectivity index (χ1n) is 5.59. The standard InChI is InChI=1S/C9H17N5O4S2/c1-6(15)11-8-12-13-9(19-8)20(16,17)14(2)4-7(10)5-18-3/h7H,4-5,10H2,1-3H3,(H,11,12,15). The lowest BCUT2D eigenvalue weighted by molar-refractivity contribution is -0.114. The van der Waals surface area contributed by atoms with Crippen molar-refractivity contribution in [3.63, 3.8) is 0 Å². The van der Waals surface area contributed by atoms with Crippen molar-refractivity contribution in [2.24, 2.45) is 5.73 Å². The predicted molar refractivity (Wildman–Crippen MR) is 73.9 cm³/mol. The zero-order valence-corrected chi connectivity index (χ0v) is 13.0. The van der Waals surface area contributed by atoms with Crippen molar-refractivity contribution in [2.75, 3.05) is 32.6 Å². The number of nitrogens with two attached hydrogens (primary N) is 1. The highest BCUT2D eigenvalue weighted by molar-refractivity contribution is 7.91. The van der Waals surface area contributed by atoms with Crippen molar-refractivity contribution in [3.05, 3.63) is 0 Å². The van der Waals surface area contributed by atoms with E-state index in [1.165, 1.54) is 21.1 Å². The van der Waals surface area contributed by atoms with Crippen LogP contribution in [0.2, 0.25) is 0 Å². The Morgan fingerprint density at radius 3 is 2.75 bits per heavy atom. The minimum absolute atomic E-state index is 0.0885. The van der Waals surface area contributed by atoms with Crippen molar-refractivity contribution in [1.82, 2.24) is 14.5 Å². The van der Waals surface area contributed by atoms with Crippen molar-refractivity contribution >= 4 is 32.4 Å². The molecule has 0 saturated heterocycles. The van der Waals surface area contributed by atoms with E-state index < -0.39 is 16.1 Å². The number of carbonyl (C=O) groups is 1. The van der Waals surface area contributed by atoms with Gasteiger partial charge in [0, 0.05) is 33.7 Å². The maximum Gasteiger partial charge on any atom is 0.272 e. The number of hydrogen-bond acceptors (Lipinski definition) is 8. The third kappa shape index (κ3) is 4.45. The van der Waals surface area contributed by atoms with Crippen LogP contribution in [0.3, 0.4) is 0 Å². The lowest BCUT2D eigenvalue weighted by Gasteiger charge is -2.19. The van der Waals surface area contributed by atoms with E-state index in [4.69, 9.17) is 10.5 Å². The van der Waals surface area contributed by atoms with Gasteiger partial charge in [-0.15, -0.1) is 10.2 Å². The van der Waals surface area contributed by atoms with E-state index in [9.17, 15) is 13.2 Å². The van der Waals surface area contributed by atoms with Gasteiger partial charge in [-0.05, 0) is 0 Å². The molecule has 0 saturated carbocycles. The zero-order valence-electron chi connectivity index (χ0n) is 11.4. The van der Waals surface area contributed by atoms with Gasteiger partial charge in [-0.1, -0.05) is 11.3 Å². The number of likely N-dealkylation sites (N-methyl/N-ethyl adjacent to an activating group) is 1. The fourth-order valence-corrected chi connectivity index (χ4v) is 3.71. The van der Waals surface area contributed by atoms with Gasteiger partial charge in [0.05, 0.1) is 6.61 Å². The average Bonchev–Trinajstić information content (AvgIpc) is 2.77. The molecule has 1 aromatic heterocycles. The molecule has 0 aliphatic heterocycles. The number of ether oxygens (including phenoxy) is 1. The number of hydrogen-bond donors (Lipinski definition) is 2. The normalized spacial score (nSPS) is 13.4. The van der Waals surface area contributed by atoms with Crippen LogP contribution in [0.1, 0.15) is 6.92 Å². The van der Waals surface area contributed by atoms with Crippen LogP contribution in [0.25, 0.3) is 0 Å². The molecule has 1 rings (SSSR count). The highest BCUT2D eigenvalue weighted by Crippen LogP contribution is 2.22. The number of nitrogens with zero attached hydrogens (tertiary/aromatic N) is 3. The molecule has 0 spiro atoms. The molecule has 0 radical (unpaired) electrons. The van der Waals surface area contributed by atoms with Crippen molar-refractivity contribution in [2.45, 2.75) is 17.3 Å². The first kappa shape index (κ1) is 16.9. The van der Waals surface area contributed by atoms with E-state index in [0.717, 1.165) is 15.6 Å². The average molecular weight is 323 g/mol. The zero-order chi connectivity index (χ0) is 15.3. The number of rotatable bonds is 7. The van der Waals surface area contributed by atoms with E-state index in [2.05, 4.69) is 15.5 Å². The lowest BCUT2D eigenvalue weighted by atomic mass is 10.3. The number of aromatic nitrogens is 2. The van der Waals surface area contributed by atoms with E-state index >= 15 is 0 Å². The second-order valence-corrected chi connectivity index (χ2v) is 7.25. The first-order valence-corrected chi connectivity index (χ1v) is 7.85. The van der Waals surface area contributed by atoms with Crippen LogP contribution in [-0.4, -0.2) is 62.2 Å². The number of anilines is 1. The van der Waals surface area contributed by atoms with Gasteiger partial charge in [0.25, 0.3) is 10.0 Å². The van der Waals surface area contributed by atoms with E-state index in [-0.39, 0.29) is 28.5 Å². The molecule has 114 valence electrons. The Bertz CT molecular complexity index is 558. The topological polar surface area (TPSA) is 128 Å². The summed E-state index contributed by atoms with van der Waals surface area (Å²) in [6.45, 7) is 1.63. The first-order chi connectivity index (χ1) is 9.27. The molecule has 1 aromatic rings. The molecule has 0 aliphatic rings. The SMILES string of the molecule is COCC(N)CN(C)S(=O)(=O)c1nnc(NC(C)=O)s1. The van der Waals surface area contributed by atoms with Crippen molar-refractivity contribution in [3.8, 4) is 0 Å². The molecule has 0 aromatic carbocycles. The molecule has 0 fully saturated rings. The van der Waals surface area contributed by atoms with Gasteiger partial charge in [0.15, 0.2) is 0 Å². The van der Waals surface area contributed by atoms with Crippen LogP contribution in [0.5, 0.6) is 0 Å². The lowest BCUT2D eigenvalue weighted by Crippen LogP contribution is -2.41. The molecule has 20 heavy (non-hydrogen) atoms. The Hall–Kier alpha value is -1.14. The van der Waals surface area contributed by atoms with Gasteiger partial charge in [-0.25, -0.2) is 8.42 Å². The van der Waals surface area contributed by atoms with E-state index in [1.807, 2.05) is 0 Å². The van der Waals surface area contributed by atoms with Gasteiger partial charge < -0.3 is 15.8 Å². The molecule has 0 bridgehead atoms. The molecule has 1 unspecified atom stereocenters. The summed E-state index contributed by atoms with van der Waals surface area (Å²) in [6, 6.07) is -0.442. The molecule has 11 heteroatoms. The second-order valence-electron chi connectivity index (χ2n) is 4.06. The number of amides is 1. The third-order valence-corrected chi connectivity index (χ3v) is 5.20. The quantitative estimate of drug-likeness (QED) is 0.622. The maximum absolute atomic E-state index is 12.2. The fourth-order valence-electron chi connectivity index (χ4n) is 1.34. The summed E-state index contributed by atoms with van der Waals surface area (Å²) in [5, 5.41) is 9.67. The van der Waals surface area contributed by atoms with Gasteiger partial charge in [-0.2, -0.15) is 4.31 Å². The molecule has 1 amide bonds. The summed E-state index contributed by atoms with van der Waals surface area (Å²) in [7, 11) is -0.898. The van der Waals surface area contributed by atoms with Crippen LogP contribution in [0.4, 0.5) is 5.13 Å². The van der Waals surface area contributed by atoms with Crippen molar-refractivity contribution in [1.29, 1.82) is 0 Å². The largest absolute Gasteiger partial charge is 0.383 e. The summed E-state index contributed by atoms with van der Waals surface area (Å²) in [5.74, 6) is -0.347. The fraction of sp³-hybridized carbons (Fsp3) is 0.667. The van der Waals surface area contributed by atoms with E-state index in [1.54, 1.807) is 0 Å². The van der Waals surface area contributed by atoms with E-state index in [0.29, 0.717) is 0 Å². The molecule has 9 nitrogen and oxygen atoms in total. The molecule has 3 N–H and O–H groups in total. The highest BCUT2D eigenvalue weighted by Gasteiger charge is 2.27. The minimum Gasteiger partial charge on any atom is -0.383 e. The third-order valence-electron chi connectivity index (χ3n) is 2.19. The molecular formula is C9H17N5O4S2. The van der Waals surface area contributed by atoms with Gasteiger partial charge in [0.1, 0.15) is 0 Å². The Labute approximate surface area is 121 Å². The molecular weight excluding hydrogens is 306 g/mol. The minimum atomic E-state index is -3.78. The number of methoxy groups -OCH3 is 1. The molecule has 0 aliphatic carbocycles. The number of nitrogens with one attached hydrogen (secondary N) is 1.